The summed E-state index contributed by atoms with van der Waals surface area (Å²) in [4.78, 5) is 20.9. The molecule has 3 aliphatic rings. The first kappa shape index (κ1) is 19.2. The van der Waals surface area contributed by atoms with Crippen molar-refractivity contribution in [3.63, 3.8) is 0 Å². The van der Waals surface area contributed by atoms with E-state index in [1.54, 1.807) is 6.20 Å². The van der Waals surface area contributed by atoms with Crippen LogP contribution in [-0.4, -0.2) is 60.4 Å². The van der Waals surface area contributed by atoms with Crippen molar-refractivity contribution >= 4 is 23.5 Å². The lowest BCUT2D eigenvalue weighted by Crippen LogP contribution is -2.48. The van der Waals surface area contributed by atoms with Crippen LogP contribution in [0, 0.1) is 5.41 Å². The number of rotatable bonds is 3. The van der Waals surface area contributed by atoms with Crippen molar-refractivity contribution in [2.75, 3.05) is 38.1 Å². The van der Waals surface area contributed by atoms with E-state index in [2.05, 4.69) is 10.3 Å². The van der Waals surface area contributed by atoms with Gasteiger partial charge in [-0.1, -0.05) is 24.3 Å². The van der Waals surface area contributed by atoms with E-state index in [9.17, 15) is 4.79 Å². The van der Waals surface area contributed by atoms with E-state index in [1.807, 2.05) is 58.3 Å². The number of cyclic esters (lactones) is 1. The summed E-state index contributed by atoms with van der Waals surface area (Å²) in [7, 11) is 0. The number of carbonyl (C=O) groups is 1. The van der Waals surface area contributed by atoms with Crippen molar-refractivity contribution in [1.29, 1.82) is 5.41 Å². The molecule has 158 valence electrons. The molecular formula is C23H23N5O3. The van der Waals surface area contributed by atoms with Crippen LogP contribution < -0.4 is 10.1 Å². The molecule has 1 fully saturated rings. The van der Waals surface area contributed by atoms with E-state index in [0.717, 1.165) is 29.0 Å². The molecule has 0 amide bonds. The van der Waals surface area contributed by atoms with Crippen LogP contribution in [0.4, 0.5) is 5.69 Å². The number of fused-ring (bicyclic) bond motifs is 1. The van der Waals surface area contributed by atoms with Crippen LogP contribution in [-0.2, 0) is 16.0 Å². The van der Waals surface area contributed by atoms with Crippen LogP contribution in [0.5, 0.6) is 5.75 Å². The highest BCUT2D eigenvalue weighted by molar-refractivity contribution is 6.11. The third kappa shape index (κ3) is 3.96. The molecule has 3 heterocycles. The summed E-state index contributed by atoms with van der Waals surface area (Å²) < 4.78 is 11.1. The van der Waals surface area contributed by atoms with Gasteiger partial charge in [0.15, 0.2) is 11.7 Å². The Morgan fingerprint density at radius 3 is 2.68 bits per heavy atom. The number of hydrogen-bond donors (Lipinski definition) is 2. The molecule has 0 spiro atoms. The van der Waals surface area contributed by atoms with Crippen molar-refractivity contribution in [2.24, 2.45) is 4.99 Å². The second kappa shape index (κ2) is 8.14. The number of carbonyl (C=O) groups excluding carboxylic acids is 1. The summed E-state index contributed by atoms with van der Waals surface area (Å²) in [5.41, 5.74) is 3.05. The largest absolute Gasteiger partial charge is 0.493 e. The summed E-state index contributed by atoms with van der Waals surface area (Å²) in [5.74, 6) is 1.11. The summed E-state index contributed by atoms with van der Waals surface area (Å²) in [6.07, 6.45) is 2.55. The highest BCUT2D eigenvalue weighted by Crippen LogP contribution is 2.30. The highest BCUT2D eigenvalue weighted by Gasteiger charge is 2.29. The molecule has 3 aliphatic heterocycles. The van der Waals surface area contributed by atoms with Gasteiger partial charge in [0.05, 0.1) is 6.61 Å². The molecule has 8 heteroatoms. The average Bonchev–Trinajstić information content (AvgIpc) is 3.41. The van der Waals surface area contributed by atoms with Gasteiger partial charge < -0.3 is 24.6 Å². The van der Waals surface area contributed by atoms with Crippen LogP contribution in [0.3, 0.4) is 0 Å². The van der Waals surface area contributed by atoms with Crippen LogP contribution in [0.1, 0.15) is 11.1 Å². The van der Waals surface area contributed by atoms with E-state index in [4.69, 9.17) is 14.9 Å². The zero-order valence-corrected chi connectivity index (χ0v) is 17.0. The van der Waals surface area contributed by atoms with Gasteiger partial charge in [0.2, 0.25) is 5.90 Å². The number of hydrogen-bond acceptors (Lipinski definition) is 6. The number of piperazine rings is 1. The molecule has 0 aliphatic carbocycles. The molecule has 8 nitrogen and oxygen atoms in total. The van der Waals surface area contributed by atoms with Crippen molar-refractivity contribution in [3.8, 4) is 5.75 Å². The van der Waals surface area contributed by atoms with Gasteiger partial charge in [-0.15, -0.1) is 0 Å². The summed E-state index contributed by atoms with van der Waals surface area (Å²) in [6, 6.07) is 15.4. The topological polar surface area (TPSA) is 90.2 Å². The molecule has 0 saturated carbocycles. The zero-order valence-electron chi connectivity index (χ0n) is 17.0. The van der Waals surface area contributed by atoms with E-state index in [1.165, 1.54) is 0 Å². The lowest BCUT2D eigenvalue weighted by Gasteiger charge is -2.35. The van der Waals surface area contributed by atoms with E-state index >= 15 is 0 Å². The Balaban J connectivity index is 1.23. The van der Waals surface area contributed by atoms with E-state index in [-0.39, 0.29) is 0 Å². The monoisotopic (exact) mass is 417 g/mol. The van der Waals surface area contributed by atoms with Gasteiger partial charge in [-0.2, -0.15) is 0 Å². The molecule has 1 saturated heterocycles. The minimum absolute atomic E-state index is 0.303. The van der Waals surface area contributed by atoms with Crippen LogP contribution in [0.2, 0.25) is 0 Å². The van der Waals surface area contributed by atoms with Crippen LogP contribution >= 0.6 is 0 Å². The molecule has 2 N–H and O–H groups in total. The van der Waals surface area contributed by atoms with Crippen molar-refractivity contribution in [3.05, 3.63) is 71.6 Å². The second-order valence-electron chi connectivity index (χ2n) is 7.56. The predicted molar refractivity (Wildman–Crippen MR) is 117 cm³/mol. The molecular weight excluding hydrogens is 394 g/mol. The normalized spacial score (nSPS) is 19.0. The Hall–Kier alpha value is -3.81. The SMILES string of the molecule is N=C(Nc1ccccc1)N1CCN(C=C2N=C(c3cccc4c3CCO4)OC2=O)CC1. The highest BCUT2D eigenvalue weighted by atomic mass is 16.6. The first-order valence-electron chi connectivity index (χ1n) is 10.3. The smallest absolute Gasteiger partial charge is 0.365 e. The van der Waals surface area contributed by atoms with E-state index < -0.39 is 5.97 Å². The first-order valence-corrected chi connectivity index (χ1v) is 10.3. The van der Waals surface area contributed by atoms with Gasteiger partial charge in [0.25, 0.3) is 0 Å². The number of nitrogens with zero attached hydrogens (tertiary/aromatic N) is 3. The van der Waals surface area contributed by atoms with Gasteiger partial charge in [-0.3, -0.25) is 5.41 Å². The van der Waals surface area contributed by atoms with Crippen molar-refractivity contribution < 1.29 is 14.3 Å². The molecule has 5 rings (SSSR count). The lowest BCUT2D eigenvalue weighted by molar-refractivity contribution is -0.130. The molecule has 0 bridgehead atoms. The Morgan fingerprint density at radius 1 is 1.06 bits per heavy atom. The first-order chi connectivity index (χ1) is 15.2. The van der Waals surface area contributed by atoms with Gasteiger partial charge in [0.1, 0.15) is 5.75 Å². The zero-order chi connectivity index (χ0) is 21.2. The lowest BCUT2D eigenvalue weighted by atomic mass is 10.1. The van der Waals surface area contributed by atoms with E-state index in [0.29, 0.717) is 50.3 Å². The van der Waals surface area contributed by atoms with Crippen molar-refractivity contribution in [1.82, 2.24) is 9.80 Å². The van der Waals surface area contributed by atoms with Crippen molar-refractivity contribution in [2.45, 2.75) is 6.42 Å². The standard InChI is InChI=1S/C23H23N5O3/c24-23(25-16-5-2-1-3-6-16)28-12-10-27(11-13-28)15-19-22(29)31-21(26-19)18-7-4-8-20-17(18)9-14-30-20/h1-8,15H,9-14H2,(H2,24,25). The number of anilines is 1. The summed E-state index contributed by atoms with van der Waals surface area (Å²) in [5, 5.41) is 11.4. The minimum atomic E-state index is -0.438. The quantitative estimate of drug-likeness (QED) is 0.345. The Labute approximate surface area is 180 Å². The molecule has 0 atom stereocenters. The molecule has 0 radical (unpaired) electrons. The Bertz CT molecular complexity index is 1070. The third-order valence-electron chi connectivity index (χ3n) is 5.57. The maximum absolute atomic E-state index is 12.4. The minimum Gasteiger partial charge on any atom is -0.493 e. The van der Waals surface area contributed by atoms with Crippen LogP contribution in [0.15, 0.2) is 65.4 Å². The van der Waals surface area contributed by atoms with Gasteiger partial charge in [0, 0.05) is 55.6 Å². The number of ether oxygens (including phenoxy) is 2. The third-order valence-corrected chi connectivity index (χ3v) is 5.57. The maximum Gasteiger partial charge on any atom is 0.365 e. The predicted octanol–water partition coefficient (Wildman–Crippen LogP) is 2.43. The molecule has 2 aromatic carbocycles. The fourth-order valence-electron chi connectivity index (χ4n) is 3.92. The Morgan fingerprint density at radius 2 is 1.87 bits per heavy atom. The van der Waals surface area contributed by atoms with Gasteiger partial charge >= 0.3 is 5.97 Å². The number of esters is 1. The number of benzene rings is 2. The van der Waals surface area contributed by atoms with Gasteiger partial charge in [-0.25, -0.2) is 9.79 Å². The molecule has 0 unspecified atom stereocenters. The maximum atomic E-state index is 12.4. The molecule has 2 aromatic rings. The summed E-state index contributed by atoms with van der Waals surface area (Å²) >= 11 is 0. The fraction of sp³-hybridized carbons (Fsp3) is 0.261. The number of nitrogens with one attached hydrogen (secondary N) is 2. The number of aliphatic imine (C=N–C) groups is 1. The number of guanidine groups is 1. The number of para-hydroxylation sites is 1. The average molecular weight is 417 g/mol. The Kier molecular flexibility index (Phi) is 5.03. The molecule has 31 heavy (non-hydrogen) atoms. The second-order valence-corrected chi connectivity index (χ2v) is 7.56. The molecule has 0 aromatic heterocycles. The van der Waals surface area contributed by atoms with Gasteiger partial charge in [-0.05, 0) is 24.3 Å². The summed E-state index contributed by atoms with van der Waals surface area (Å²) in [6.45, 7) is 3.37. The fourth-order valence-corrected chi connectivity index (χ4v) is 3.92. The van der Waals surface area contributed by atoms with Crippen LogP contribution in [0.25, 0.3) is 0 Å².